The van der Waals surface area contributed by atoms with Gasteiger partial charge >= 0.3 is 35.0 Å². The average Bonchev–Trinajstić information content (AvgIpc) is 3.33. The van der Waals surface area contributed by atoms with E-state index in [1.165, 1.54) is 0 Å². The smallest absolute Gasteiger partial charge is 0.337 e. The van der Waals surface area contributed by atoms with Gasteiger partial charge in [-0.3, -0.25) is 0 Å². The minimum atomic E-state index is -1.24. The zero-order valence-corrected chi connectivity index (χ0v) is 14.0. The van der Waals surface area contributed by atoms with E-state index >= 15 is 0 Å². The van der Waals surface area contributed by atoms with Crippen molar-refractivity contribution in [2.24, 2.45) is 0 Å². The van der Waals surface area contributed by atoms with Gasteiger partial charge in [-0.05, 0) is 0 Å². The molecule has 4 heterocycles. The first-order valence-corrected chi connectivity index (χ1v) is 8.41. The van der Waals surface area contributed by atoms with Gasteiger partial charge in [-0.15, -0.1) is 0 Å². The van der Waals surface area contributed by atoms with Crippen LogP contribution >= 0.6 is 0 Å². The Morgan fingerprint density at radius 2 is 0.778 bits per heavy atom. The topological polar surface area (TPSA) is 145 Å². The van der Waals surface area contributed by atoms with Gasteiger partial charge in [0.2, 0.25) is 0 Å². The maximum Gasteiger partial charge on any atom is 0.337 e. The first-order chi connectivity index (χ1) is 12.9. The molecule has 144 valence electrons. The van der Waals surface area contributed by atoms with E-state index in [9.17, 15) is 28.8 Å². The number of esters is 3. The van der Waals surface area contributed by atoms with Crippen molar-refractivity contribution in [1.82, 2.24) is 13.7 Å². The van der Waals surface area contributed by atoms with E-state index in [-0.39, 0.29) is 39.1 Å². The highest BCUT2D eigenvalue weighted by atomic mass is 16.5. The first-order valence-electron chi connectivity index (χ1n) is 8.41. The molecule has 3 fully saturated rings. The Morgan fingerprint density at radius 1 is 0.519 bits per heavy atom. The van der Waals surface area contributed by atoms with Crippen LogP contribution in [0.5, 0.6) is 0 Å². The summed E-state index contributed by atoms with van der Waals surface area (Å²) in [4.78, 5) is 74.6. The second-order valence-electron chi connectivity index (χ2n) is 6.37. The van der Waals surface area contributed by atoms with Crippen LogP contribution in [0.4, 0.5) is 0 Å². The third kappa shape index (κ3) is 2.51. The van der Waals surface area contributed by atoms with Crippen molar-refractivity contribution in [3.8, 4) is 0 Å². The van der Waals surface area contributed by atoms with Crippen LogP contribution in [0, 0.1) is 0 Å². The molecule has 4 rings (SSSR count). The summed E-state index contributed by atoms with van der Waals surface area (Å²) >= 11 is 0. The van der Waals surface area contributed by atoms with Crippen LogP contribution in [-0.2, 0) is 28.6 Å². The van der Waals surface area contributed by atoms with Crippen molar-refractivity contribution in [2.45, 2.75) is 37.4 Å². The molecule has 0 saturated carbocycles. The summed E-state index contributed by atoms with van der Waals surface area (Å²) in [5.41, 5.74) is -3.33. The molecule has 12 heteroatoms. The fourth-order valence-electron chi connectivity index (χ4n) is 3.55. The highest BCUT2D eigenvalue weighted by molar-refractivity contribution is 5.77. The molecule has 0 bridgehead atoms. The Kier molecular flexibility index (Phi) is 3.97. The molecular formula is C15H15N3O9. The standard InChI is InChI=1S/C15H15N3O9/c19-10-7(1-4-25-10)16-13(22)17(8-2-5-26-11(8)20)15(24)18(14(16)23)9-3-6-27-12(9)21/h7-9H,1-6H2. The monoisotopic (exact) mass is 381 g/mol. The van der Waals surface area contributed by atoms with Crippen molar-refractivity contribution in [3.63, 3.8) is 0 Å². The maximum absolute atomic E-state index is 12.9. The van der Waals surface area contributed by atoms with E-state index in [1.54, 1.807) is 0 Å². The largest absolute Gasteiger partial charge is 0.464 e. The number of rotatable bonds is 3. The van der Waals surface area contributed by atoms with Crippen LogP contribution in [-0.4, -0.2) is 51.4 Å². The van der Waals surface area contributed by atoms with Crippen molar-refractivity contribution in [3.05, 3.63) is 31.5 Å². The fraction of sp³-hybridized carbons (Fsp3) is 0.600. The number of hydrogen-bond acceptors (Lipinski definition) is 9. The van der Waals surface area contributed by atoms with E-state index in [0.29, 0.717) is 13.7 Å². The Hall–Kier alpha value is -3.18. The van der Waals surface area contributed by atoms with Crippen LogP contribution in [0.1, 0.15) is 37.4 Å². The lowest BCUT2D eigenvalue weighted by atomic mass is 10.2. The van der Waals surface area contributed by atoms with Crippen LogP contribution in [0.2, 0.25) is 0 Å². The Bertz CT molecular complexity index is 858. The molecule has 3 saturated heterocycles. The molecule has 0 amide bonds. The molecule has 3 aliphatic heterocycles. The quantitative estimate of drug-likeness (QED) is 0.414. The summed E-state index contributed by atoms with van der Waals surface area (Å²) in [6.07, 6.45) is 0.156. The number of hydrogen-bond donors (Lipinski definition) is 0. The highest BCUT2D eigenvalue weighted by Gasteiger charge is 2.40. The van der Waals surface area contributed by atoms with Crippen LogP contribution < -0.4 is 17.1 Å². The molecule has 3 unspecified atom stereocenters. The lowest BCUT2D eigenvalue weighted by Crippen LogP contribution is -2.58. The zero-order chi connectivity index (χ0) is 19.3. The first kappa shape index (κ1) is 17.2. The maximum atomic E-state index is 12.9. The van der Waals surface area contributed by atoms with Crippen LogP contribution in [0.3, 0.4) is 0 Å². The van der Waals surface area contributed by atoms with E-state index in [0.717, 1.165) is 0 Å². The van der Waals surface area contributed by atoms with Gasteiger partial charge in [-0.25, -0.2) is 42.5 Å². The van der Waals surface area contributed by atoms with Gasteiger partial charge in [-0.1, -0.05) is 0 Å². The van der Waals surface area contributed by atoms with Crippen molar-refractivity contribution in [2.75, 3.05) is 19.8 Å². The zero-order valence-electron chi connectivity index (χ0n) is 14.0. The third-order valence-electron chi connectivity index (χ3n) is 4.89. The van der Waals surface area contributed by atoms with Crippen molar-refractivity contribution in [1.29, 1.82) is 0 Å². The van der Waals surface area contributed by atoms with Gasteiger partial charge in [0.1, 0.15) is 18.1 Å². The second kappa shape index (κ2) is 6.21. The summed E-state index contributed by atoms with van der Waals surface area (Å²) in [7, 11) is 0. The van der Waals surface area contributed by atoms with Gasteiger partial charge < -0.3 is 14.2 Å². The molecule has 1 aromatic heterocycles. The number of nitrogens with zero attached hydrogens (tertiary/aromatic N) is 3. The summed E-state index contributed by atoms with van der Waals surface area (Å²) in [6, 6.07) is -3.71. The summed E-state index contributed by atoms with van der Waals surface area (Å²) in [6.45, 7) is 0.0162. The fourth-order valence-corrected chi connectivity index (χ4v) is 3.55. The van der Waals surface area contributed by atoms with E-state index in [1.807, 2.05) is 0 Å². The van der Waals surface area contributed by atoms with Crippen LogP contribution in [0.25, 0.3) is 0 Å². The Labute approximate surface area is 149 Å². The van der Waals surface area contributed by atoms with Crippen LogP contribution in [0.15, 0.2) is 14.4 Å². The lowest BCUT2D eigenvalue weighted by Gasteiger charge is -2.19. The van der Waals surface area contributed by atoms with Gasteiger partial charge in [0.25, 0.3) is 0 Å². The molecule has 0 N–H and O–H groups in total. The lowest BCUT2D eigenvalue weighted by molar-refractivity contribution is -0.141. The second-order valence-corrected chi connectivity index (χ2v) is 6.37. The number of aromatic nitrogens is 3. The molecule has 0 aromatic carbocycles. The van der Waals surface area contributed by atoms with Crippen molar-refractivity contribution < 1.29 is 28.6 Å². The van der Waals surface area contributed by atoms with Gasteiger partial charge in [-0.2, -0.15) is 0 Å². The summed E-state index contributed by atoms with van der Waals surface area (Å²) < 4.78 is 16.2. The molecule has 0 spiro atoms. The predicted octanol–water partition coefficient (Wildman–Crippen LogP) is -2.36. The number of cyclic esters (lactones) is 3. The molecule has 3 atom stereocenters. The molecule has 0 aliphatic carbocycles. The Morgan fingerprint density at radius 3 is 0.963 bits per heavy atom. The molecule has 1 aromatic rings. The summed E-state index contributed by atoms with van der Waals surface area (Å²) in [5, 5.41) is 0. The average molecular weight is 381 g/mol. The van der Waals surface area contributed by atoms with Crippen molar-refractivity contribution >= 4 is 17.9 Å². The third-order valence-corrected chi connectivity index (χ3v) is 4.89. The number of carbonyl (C=O) groups is 3. The Balaban J connectivity index is 2.02. The minimum absolute atomic E-state index is 0.00540. The van der Waals surface area contributed by atoms with E-state index < -0.39 is 53.1 Å². The molecular weight excluding hydrogens is 366 g/mol. The minimum Gasteiger partial charge on any atom is -0.464 e. The van der Waals surface area contributed by atoms with E-state index in [4.69, 9.17) is 14.2 Å². The number of carbonyl (C=O) groups excluding carboxylic acids is 3. The molecule has 12 nitrogen and oxygen atoms in total. The normalized spacial score (nSPS) is 27.6. The highest BCUT2D eigenvalue weighted by Crippen LogP contribution is 2.21. The number of ether oxygens (including phenoxy) is 3. The van der Waals surface area contributed by atoms with Gasteiger partial charge in [0.15, 0.2) is 0 Å². The molecule has 0 radical (unpaired) electrons. The molecule has 3 aliphatic rings. The van der Waals surface area contributed by atoms with Gasteiger partial charge in [0.05, 0.1) is 19.8 Å². The molecule has 27 heavy (non-hydrogen) atoms. The summed E-state index contributed by atoms with van der Waals surface area (Å²) in [5.74, 6) is -2.39. The van der Waals surface area contributed by atoms with Gasteiger partial charge in [0, 0.05) is 19.3 Å². The predicted molar refractivity (Wildman–Crippen MR) is 83.1 cm³/mol. The van der Waals surface area contributed by atoms with E-state index in [2.05, 4.69) is 0 Å². The SMILES string of the molecule is O=C1OCCC1n1c(=O)n(C2CCOC2=O)c(=O)n(C2CCOC2=O)c1=O.